The Labute approximate surface area is 101 Å². The van der Waals surface area contributed by atoms with Crippen LogP contribution in [0.1, 0.15) is 9.88 Å². The van der Waals surface area contributed by atoms with E-state index in [-0.39, 0.29) is 0 Å². The SMILES string of the molecule is Cc1ncc(CNc2cncc(Br)c2)s1. The topological polar surface area (TPSA) is 37.8 Å². The first kappa shape index (κ1) is 10.6. The molecule has 2 heterocycles. The highest BCUT2D eigenvalue weighted by Gasteiger charge is 1.98. The van der Waals surface area contributed by atoms with Gasteiger partial charge < -0.3 is 5.32 Å². The Morgan fingerprint density at radius 1 is 1.40 bits per heavy atom. The lowest BCUT2D eigenvalue weighted by molar-refractivity contribution is 1.15. The highest BCUT2D eigenvalue weighted by Crippen LogP contribution is 2.16. The summed E-state index contributed by atoms with van der Waals surface area (Å²) in [4.78, 5) is 9.51. The van der Waals surface area contributed by atoms with E-state index in [0.717, 1.165) is 21.7 Å². The fourth-order valence-corrected chi connectivity index (χ4v) is 2.28. The number of aryl methyl sites for hydroxylation is 1. The summed E-state index contributed by atoms with van der Waals surface area (Å²) in [7, 11) is 0. The predicted octanol–water partition coefficient (Wildman–Crippen LogP) is 3.22. The molecule has 0 amide bonds. The van der Waals surface area contributed by atoms with Crippen LogP contribution in [-0.2, 0) is 6.54 Å². The van der Waals surface area contributed by atoms with Crippen molar-refractivity contribution in [2.45, 2.75) is 13.5 Å². The van der Waals surface area contributed by atoms with E-state index in [1.54, 1.807) is 23.7 Å². The molecule has 0 aliphatic heterocycles. The van der Waals surface area contributed by atoms with Crippen molar-refractivity contribution in [1.29, 1.82) is 0 Å². The van der Waals surface area contributed by atoms with E-state index >= 15 is 0 Å². The highest BCUT2D eigenvalue weighted by atomic mass is 79.9. The molecule has 0 aromatic carbocycles. The lowest BCUT2D eigenvalue weighted by Crippen LogP contribution is -1.97. The van der Waals surface area contributed by atoms with Gasteiger partial charge in [-0.1, -0.05) is 0 Å². The molecule has 2 aromatic heterocycles. The smallest absolute Gasteiger partial charge is 0.0897 e. The molecule has 0 atom stereocenters. The number of nitrogens with one attached hydrogen (secondary N) is 1. The number of hydrogen-bond donors (Lipinski definition) is 1. The maximum absolute atomic E-state index is 4.20. The van der Waals surface area contributed by atoms with Crippen molar-refractivity contribution >= 4 is 33.0 Å². The molecule has 0 saturated heterocycles. The number of nitrogens with zero attached hydrogens (tertiary/aromatic N) is 2. The molecule has 0 bridgehead atoms. The normalized spacial score (nSPS) is 10.3. The van der Waals surface area contributed by atoms with Gasteiger partial charge in [0.05, 0.1) is 23.4 Å². The molecular formula is C10H10BrN3S. The van der Waals surface area contributed by atoms with Gasteiger partial charge in [-0.25, -0.2) is 4.98 Å². The minimum atomic E-state index is 0.795. The second kappa shape index (κ2) is 4.72. The third-order valence-electron chi connectivity index (χ3n) is 1.84. The van der Waals surface area contributed by atoms with Gasteiger partial charge in [0.25, 0.3) is 0 Å². The van der Waals surface area contributed by atoms with Crippen molar-refractivity contribution in [3.05, 3.63) is 39.0 Å². The van der Waals surface area contributed by atoms with Gasteiger partial charge in [-0.05, 0) is 28.9 Å². The van der Waals surface area contributed by atoms with Crippen molar-refractivity contribution in [2.75, 3.05) is 5.32 Å². The largest absolute Gasteiger partial charge is 0.379 e. The number of thiazole rings is 1. The summed E-state index contributed by atoms with van der Waals surface area (Å²) in [6, 6.07) is 2.00. The van der Waals surface area contributed by atoms with Crippen molar-refractivity contribution in [1.82, 2.24) is 9.97 Å². The van der Waals surface area contributed by atoms with Gasteiger partial charge >= 0.3 is 0 Å². The van der Waals surface area contributed by atoms with E-state index in [4.69, 9.17) is 0 Å². The molecule has 0 fully saturated rings. The van der Waals surface area contributed by atoms with E-state index < -0.39 is 0 Å². The molecule has 0 aliphatic carbocycles. The second-order valence-corrected chi connectivity index (χ2v) is 5.33. The third kappa shape index (κ3) is 3.00. The Kier molecular flexibility index (Phi) is 3.33. The molecular weight excluding hydrogens is 274 g/mol. The van der Waals surface area contributed by atoms with Gasteiger partial charge in [0.2, 0.25) is 0 Å². The summed E-state index contributed by atoms with van der Waals surface area (Å²) in [5.74, 6) is 0. The minimum absolute atomic E-state index is 0.795. The van der Waals surface area contributed by atoms with Crippen molar-refractivity contribution in [3.8, 4) is 0 Å². The van der Waals surface area contributed by atoms with Crippen molar-refractivity contribution in [2.24, 2.45) is 0 Å². The van der Waals surface area contributed by atoms with Gasteiger partial charge in [-0.15, -0.1) is 11.3 Å². The number of anilines is 1. The average molecular weight is 284 g/mol. The Bertz CT molecular complexity index is 455. The van der Waals surface area contributed by atoms with Gasteiger partial charge in [-0.3, -0.25) is 4.98 Å². The molecule has 0 unspecified atom stereocenters. The summed E-state index contributed by atoms with van der Waals surface area (Å²) in [6.07, 6.45) is 5.47. The quantitative estimate of drug-likeness (QED) is 0.940. The fourth-order valence-electron chi connectivity index (χ4n) is 1.18. The summed E-state index contributed by atoms with van der Waals surface area (Å²) in [5, 5.41) is 4.39. The van der Waals surface area contributed by atoms with Gasteiger partial charge in [-0.2, -0.15) is 0 Å². The average Bonchev–Trinajstić information content (AvgIpc) is 2.62. The molecule has 0 spiro atoms. The first-order chi connectivity index (χ1) is 7.24. The molecule has 0 saturated carbocycles. The Morgan fingerprint density at radius 3 is 2.93 bits per heavy atom. The van der Waals surface area contributed by atoms with Crippen LogP contribution < -0.4 is 5.32 Å². The van der Waals surface area contributed by atoms with Crippen molar-refractivity contribution < 1.29 is 0 Å². The van der Waals surface area contributed by atoms with E-state index in [2.05, 4.69) is 31.2 Å². The standard InChI is InChI=1S/C10H10BrN3S/c1-7-13-5-10(15-7)6-14-9-2-8(11)3-12-4-9/h2-5,14H,6H2,1H3. The number of pyridine rings is 1. The Hall–Kier alpha value is -0.940. The maximum Gasteiger partial charge on any atom is 0.0897 e. The first-order valence-corrected chi connectivity index (χ1v) is 6.11. The van der Waals surface area contributed by atoms with Crippen LogP contribution in [0.4, 0.5) is 5.69 Å². The molecule has 3 nitrogen and oxygen atoms in total. The monoisotopic (exact) mass is 283 g/mol. The summed E-state index contributed by atoms with van der Waals surface area (Å²) in [6.45, 7) is 2.80. The van der Waals surface area contributed by atoms with E-state index in [9.17, 15) is 0 Å². The number of aromatic nitrogens is 2. The molecule has 2 aromatic rings. The molecule has 5 heteroatoms. The third-order valence-corrected chi connectivity index (χ3v) is 3.19. The Morgan fingerprint density at radius 2 is 2.27 bits per heavy atom. The zero-order chi connectivity index (χ0) is 10.7. The number of halogens is 1. The molecule has 15 heavy (non-hydrogen) atoms. The zero-order valence-corrected chi connectivity index (χ0v) is 10.6. The number of hydrogen-bond acceptors (Lipinski definition) is 4. The van der Waals surface area contributed by atoms with Crippen LogP contribution in [0, 0.1) is 6.92 Å². The lowest BCUT2D eigenvalue weighted by Gasteiger charge is -2.03. The summed E-state index contributed by atoms with van der Waals surface area (Å²) < 4.78 is 0.980. The summed E-state index contributed by atoms with van der Waals surface area (Å²) >= 11 is 5.09. The first-order valence-electron chi connectivity index (χ1n) is 4.50. The van der Waals surface area contributed by atoms with Crippen LogP contribution in [0.3, 0.4) is 0 Å². The van der Waals surface area contributed by atoms with Gasteiger partial charge in [0.1, 0.15) is 0 Å². The second-order valence-electron chi connectivity index (χ2n) is 3.09. The number of rotatable bonds is 3. The van der Waals surface area contributed by atoms with Crippen LogP contribution >= 0.6 is 27.3 Å². The minimum Gasteiger partial charge on any atom is -0.379 e. The highest BCUT2D eigenvalue weighted by molar-refractivity contribution is 9.10. The maximum atomic E-state index is 4.20. The zero-order valence-electron chi connectivity index (χ0n) is 8.20. The molecule has 0 radical (unpaired) electrons. The Balaban J connectivity index is 1.99. The van der Waals surface area contributed by atoms with Crippen LogP contribution in [0.25, 0.3) is 0 Å². The van der Waals surface area contributed by atoms with Crippen LogP contribution in [0.5, 0.6) is 0 Å². The predicted molar refractivity (Wildman–Crippen MR) is 66.1 cm³/mol. The van der Waals surface area contributed by atoms with Crippen LogP contribution in [0.2, 0.25) is 0 Å². The van der Waals surface area contributed by atoms with Crippen LogP contribution in [0.15, 0.2) is 29.1 Å². The van der Waals surface area contributed by atoms with Crippen LogP contribution in [-0.4, -0.2) is 9.97 Å². The molecule has 78 valence electrons. The van der Waals surface area contributed by atoms with E-state index in [0.29, 0.717) is 0 Å². The molecule has 2 rings (SSSR count). The van der Waals surface area contributed by atoms with E-state index in [1.165, 1.54) is 4.88 Å². The summed E-state index contributed by atoms with van der Waals surface area (Å²) in [5.41, 5.74) is 1.01. The molecule has 0 aliphatic rings. The van der Waals surface area contributed by atoms with Gasteiger partial charge in [0.15, 0.2) is 0 Å². The lowest BCUT2D eigenvalue weighted by atomic mass is 10.4. The van der Waals surface area contributed by atoms with Crippen molar-refractivity contribution in [3.63, 3.8) is 0 Å². The molecule has 1 N–H and O–H groups in total. The van der Waals surface area contributed by atoms with Gasteiger partial charge in [0, 0.05) is 21.7 Å². The van der Waals surface area contributed by atoms with E-state index in [1.807, 2.05) is 19.2 Å². The fraction of sp³-hybridized carbons (Fsp3) is 0.200.